The molecule has 0 saturated carbocycles. The number of hydrogen-bond donors (Lipinski definition) is 2. The number of phenols is 1. The Labute approximate surface area is 229 Å². The molecule has 0 aliphatic rings. The van der Waals surface area contributed by atoms with E-state index in [0.717, 1.165) is 10.4 Å². The van der Waals surface area contributed by atoms with Gasteiger partial charge in [0.2, 0.25) is 0 Å². The number of hydrogen-bond acceptors (Lipinski definition) is 9. The molecule has 3 aromatic rings. The number of aryl methyl sites for hydroxylation is 1. The number of ether oxygens (including phenoxy) is 2. The Hall–Kier alpha value is -4.36. The van der Waals surface area contributed by atoms with Crippen LogP contribution in [-0.2, 0) is 14.8 Å². The Bertz CT molecular complexity index is 1530. The Morgan fingerprint density at radius 1 is 1.18 bits per heavy atom. The Morgan fingerprint density at radius 2 is 1.92 bits per heavy atom. The number of carbonyl (C=O) groups excluding carboxylic acids is 1. The van der Waals surface area contributed by atoms with Crippen molar-refractivity contribution in [2.75, 3.05) is 24.6 Å². The molecule has 0 atom stereocenters. The van der Waals surface area contributed by atoms with Gasteiger partial charge in [-0.1, -0.05) is 17.7 Å². The summed E-state index contributed by atoms with van der Waals surface area (Å²) in [5.41, 5.74) is 2.54. The van der Waals surface area contributed by atoms with Gasteiger partial charge in [-0.3, -0.25) is 19.2 Å². The zero-order valence-corrected chi connectivity index (χ0v) is 22.7. The van der Waals surface area contributed by atoms with Crippen molar-refractivity contribution in [3.8, 4) is 17.2 Å². The lowest BCUT2D eigenvalue weighted by Crippen LogP contribution is -2.39. The second kappa shape index (κ2) is 12.5. The maximum atomic E-state index is 13.7. The number of methoxy groups -OCH3 is 1. The maximum absolute atomic E-state index is 13.7. The van der Waals surface area contributed by atoms with E-state index in [2.05, 4.69) is 10.5 Å². The lowest BCUT2D eigenvalue weighted by atomic mass is 10.2. The number of benzene rings is 3. The summed E-state index contributed by atoms with van der Waals surface area (Å²) in [5, 5.41) is 25.3. The Morgan fingerprint density at radius 3 is 2.59 bits per heavy atom. The molecule has 0 heterocycles. The van der Waals surface area contributed by atoms with Crippen LogP contribution >= 0.6 is 11.6 Å². The minimum absolute atomic E-state index is 0.0627. The first-order valence-electron chi connectivity index (χ1n) is 11.4. The molecule has 0 spiro atoms. The molecule has 2 N–H and O–H groups in total. The van der Waals surface area contributed by atoms with Crippen LogP contribution in [0.5, 0.6) is 17.2 Å². The van der Waals surface area contributed by atoms with Crippen LogP contribution in [0.3, 0.4) is 0 Å². The number of nitro groups is 1. The molecule has 0 bridgehead atoms. The van der Waals surface area contributed by atoms with Gasteiger partial charge in [-0.05, 0) is 61.9 Å². The number of aromatic hydroxyl groups is 1. The monoisotopic (exact) mass is 576 g/mol. The van der Waals surface area contributed by atoms with Crippen LogP contribution in [0, 0.1) is 17.0 Å². The SMILES string of the molecule is CCOc1cc(/C=N\NC(=O)CN(c2cc(Cl)ccc2OC)S(=O)(=O)c2ccc(C)c([N+](=O)[O-])c2)ccc1O. The predicted octanol–water partition coefficient (Wildman–Crippen LogP) is 4.02. The summed E-state index contributed by atoms with van der Waals surface area (Å²) in [7, 11) is -3.22. The predicted molar refractivity (Wildman–Crippen MR) is 145 cm³/mol. The number of phenolic OH excluding ortho intramolecular Hbond substituents is 1. The van der Waals surface area contributed by atoms with E-state index >= 15 is 0 Å². The van der Waals surface area contributed by atoms with Crippen molar-refractivity contribution in [1.29, 1.82) is 0 Å². The minimum atomic E-state index is -4.53. The van der Waals surface area contributed by atoms with Crippen LogP contribution in [0.2, 0.25) is 5.02 Å². The molecule has 1 amide bonds. The third kappa shape index (κ3) is 6.94. The van der Waals surface area contributed by atoms with Crippen LogP contribution in [0.15, 0.2) is 64.6 Å². The molecule has 3 rings (SSSR count). The number of halogens is 1. The third-order valence-electron chi connectivity index (χ3n) is 5.35. The van der Waals surface area contributed by atoms with Crippen molar-refractivity contribution in [2.45, 2.75) is 18.7 Å². The van der Waals surface area contributed by atoms with Crippen LogP contribution in [0.1, 0.15) is 18.1 Å². The van der Waals surface area contributed by atoms with E-state index in [1.54, 1.807) is 6.92 Å². The molecule has 206 valence electrons. The average Bonchev–Trinajstić information content (AvgIpc) is 2.89. The van der Waals surface area contributed by atoms with Crippen molar-refractivity contribution in [1.82, 2.24) is 5.43 Å². The molecule has 0 fully saturated rings. The zero-order chi connectivity index (χ0) is 28.7. The third-order valence-corrected chi connectivity index (χ3v) is 7.34. The molecular weight excluding hydrogens is 552 g/mol. The first kappa shape index (κ1) is 29.2. The van der Waals surface area contributed by atoms with Crippen molar-refractivity contribution >= 4 is 45.1 Å². The number of nitrogens with zero attached hydrogens (tertiary/aromatic N) is 3. The molecule has 39 heavy (non-hydrogen) atoms. The van der Waals surface area contributed by atoms with Gasteiger partial charge in [-0.15, -0.1) is 0 Å². The number of hydrazone groups is 1. The Balaban J connectivity index is 1.96. The van der Waals surface area contributed by atoms with E-state index in [4.69, 9.17) is 21.1 Å². The van der Waals surface area contributed by atoms with Gasteiger partial charge in [0.05, 0.1) is 35.4 Å². The summed E-state index contributed by atoms with van der Waals surface area (Å²) < 4.78 is 38.7. The van der Waals surface area contributed by atoms with Crippen molar-refractivity contribution in [3.63, 3.8) is 0 Å². The largest absolute Gasteiger partial charge is 0.504 e. The number of nitrogens with one attached hydrogen (secondary N) is 1. The van der Waals surface area contributed by atoms with Gasteiger partial charge < -0.3 is 14.6 Å². The van der Waals surface area contributed by atoms with Gasteiger partial charge in [0.15, 0.2) is 11.5 Å². The quantitative estimate of drug-likeness (QED) is 0.196. The van der Waals surface area contributed by atoms with Crippen molar-refractivity contribution in [2.24, 2.45) is 5.10 Å². The average molecular weight is 577 g/mol. The fourth-order valence-electron chi connectivity index (χ4n) is 3.46. The maximum Gasteiger partial charge on any atom is 0.273 e. The van der Waals surface area contributed by atoms with Crippen LogP contribution in [0.25, 0.3) is 0 Å². The fraction of sp³-hybridized carbons (Fsp3) is 0.200. The summed E-state index contributed by atoms with van der Waals surface area (Å²) >= 11 is 6.12. The number of anilines is 1. The van der Waals surface area contributed by atoms with Gasteiger partial charge >= 0.3 is 0 Å². The van der Waals surface area contributed by atoms with E-state index in [-0.39, 0.29) is 33.5 Å². The highest BCUT2D eigenvalue weighted by atomic mass is 35.5. The van der Waals surface area contributed by atoms with E-state index in [9.17, 15) is 28.4 Å². The summed E-state index contributed by atoms with van der Waals surface area (Å²) in [6, 6.07) is 12.1. The summed E-state index contributed by atoms with van der Waals surface area (Å²) in [5.74, 6) is -0.577. The highest BCUT2D eigenvalue weighted by Crippen LogP contribution is 2.35. The first-order chi connectivity index (χ1) is 18.5. The smallest absolute Gasteiger partial charge is 0.273 e. The second-order valence-electron chi connectivity index (χ2n) is 7.99. The van der Waals surface area contributed by atoms with Gasteiger partial charge in [0.1, 0.15) is 12.3 Å². The molecule has 14 heteroatoms. The second-order valence-corrected chi connectivity index (χ2v) is 10.3. The van der Waals surface area contributed by atoms with Crippen LogP contribution in [-0.4, -0.2) is 50.8 Å². The lowest BCUT2D eigenvalue weighted by molar-refractivity contribution is -0.385. The molecule has 0 radical (unpaired) electrons. The number of amides is 1. The van der Waals surface area contributed by atoms with Gasteiger partial charge in [0.25, 0.3) is 21.6 Å². The van der Waals surface area contributed by atoms with Gasteiger partial charge in [0, 0.05) is 16.7 Å². The highest BCUT2D eigenvalue weighted by Gasteiger charge is 2.31. The van der Waals surface area contributed by atoms with Crippen LogP contribution < -0.4 is 19.2 Å². The first-order valence-corrected chi connectivity index (χ1v) is 13.2. The number of nitro benzene ring substituents is 1. The number of carbonyl (C=O) groups is 1. The van der Waals surface area contributed by atoms with Gasteiger partial charge in [-0.2, -0.15) is 5.10 Å². The molecule has 0 aliphatic carbocycles. The van der Waals surface area contributed by atoms with E-state index in [1.165, 1.54) is 68.8 Å². The fourth-order valence-corrected chi connectivity index (χ4v) is 5.07. The van der Waals surface area contributed by atoms with Crippen molar-refractivity contribution in [3.05, 3.63) is 80.9 Å². The number of rotatable bonds is 11. The van der Waals surface area contributed by atoms with E-state index < -0.39 is 38.0 Å². The molecular formula is C25H25ClN4O8S. The minimum Gasteiger partial charge on any atom is -0.504 e. The zero-order valence-electron chi connectivity index (χ0n) is 21.1. The van der Waals surface area contributed by atoms with E-state index in [1.807, 2.05) is 0 Å². The lowest BCUT2D eigenvalue weighted by Gasteiger charge is -2.25. The van der Waals surface area contributed by atoms with Gasteiger partial charge in [-0.25, -0.2) is 13.8 Å². The molecule has 0 aromatic heterocycles. The van der Waals surface area contributed by atoms with E-state index in [0.29, 0.717) is 12.2 Å². The molecule has 3 aromatic carbocycles. The molecule has 12 nitrogen and oxygen atoms in total. The number of sulfonamides is 1. The molecule has 0 saturated heterocycles. The topological polar surface area (TPSA) is 161 Å². The Kier molecular flexibility index (Phi) is 9.33. The van der Waals surface area contributed by atoms with Crippen LogP contribution in [0.4, 0.5) is 11.4 Å². The molecule has 0 aliphatic heterocycles. The highest BCUT2D eigenvalue weighted by molar-refractivity contribution is 7.92. The summed E-state index contributed by atoms with van der Waals surface area (Å²) in [6.45, 7) is 2.79. The standard InChI is InChI=1S/C25H25ClN4O8S/c1-4-38-24-11-17(6-9-22(24)31)14-27-28-25(32)15-29(21-12-18(26)7-10-23(21)37-3)39(35,36)19-8-5-16(2)20(13-19)30(33)34/h5-14,31H,4,15H2,1-3H3,(H,28,32)/b27-14-. The summed E-state index contributed by atoms with van der Waals surface area (Å²) in [4.78, 5) is 23.2. The molecule has 0 unspecified atom stereocenters. The van der Waals surface area contributed by atoms with Crippen molar-refractivity contribution < 1.29 is 32.7 Å². The summed E-state index contributed by atoms with van der Waals surface area (Å²) in [6.07, 6.45) is 1.28. The normalized spacial score (nSPS) is 11.3.